The average Bonchev–Trinajstić information content (AvgIpc) is 3.25. The SMILES string of the molecule is CCNC(=O)c1nn(Cc2cccc(OC)c2)c2c1CN(C(=O)c1ccc3ncccc3c1)CC2. The van der Waals surface area contributed by atoms with E-state index >= 15 is 0 Å². The number of nitrogens with one attached hydrogen (secondary N) is 1. The number of benzene rings is 2. The van der Waals surface area contributed by atoms with E-state index in [1.54, 1.807) is 18.2 Å². The molecular formula is C27H27N5O3. The van der Waals surface area contributed by atoms with Crippen molar-refractivity contribution in [1.29, 1.82) is 0 Å². The second-order valence-corrected chi connectivity index (χ2v) is 8.53. The molecule has 4 aromatic rings. The number of hydrogen-bond donors (Lipinski definition) is 1. The number of aromatic nitrogens is 3. The van der Waals surface area contributed by atoms with E-state index in [4.69, 9.17) is 4.74 Å². The highest BCUT2D eigenvalue weighted by Gasteiger charge is 2.30. The van der Waals surface area contributed by atoms with Crippen molar-refractivity contribution in [3.8, 4) is 5.75 Å². The molecule has 0 atom stereocenters. The van der Waals surface area contributed by atoms with Gasteiger partial charge in [0.15, 0.2) is 5.69 Å². The lowest BCUT2D eigenvalue weighted by Gasteiger charge is -2.28. The number of nitrogens with zero attached hydrogens (tertiary/aromatic N) is 4. The molecule has 178 valence electrons. The van der Waals surface area contributed by atoms with Gasteiger partial charge in [0.2, 0.25) is 0 Å². The van der Waals surface area contributed by atoms with E-state index in [1.165, 1.54) is 0 Å². The zero-order chi connectivity index (χ0) is 24.4. The summed E-state index contributed by atoms with van der Waals surface area (Å²) < 4.78 is 7.24. The summed E-state index contributed by atoms with van der Waals surface area (Å²) in [7, 11) is 1.64. The average molecular weight is 470 g/mol. The van der Waals surface area contributed by atoms with Gasteiger partial charge >= 0.3 is 0 Å². The van der Waals surface area contributed by atoms with Gasteiger partial charge in [-0.3, -0.25) is 19.3 Å². The maximum Gasteiger partial charge on any atom is 0.272 e. The van der Waals surface area contributed by atoms with Gasteiger partial charge in [0, 0.05) is 47.9 Å². The van der Waals surface area contributed by atoms with Crippen LogP contribution in [-0.2, 0) is 19.5 Å². The van der Waals surface area contributed by atoms with Crippen molar-refractivity contribution in [3.63, 3.8) is 0 Å². The molecule has 0 radical (unpaired) electrons. The topological polar surface area (TPSA) is 89.4 Å². The first-order chi connectivity index (χ1) is 17.1. The van der Waals surface area contributed by atoms with Crippen molar-refractivity contribution in [2.24, 2.45) is 0 Å². The normalized spacial score (nSPS) is 12.9. The molecule has 1 aliphatic heterocycles. The molecule has 0 spiro atoms. The summed E-state index contributed by atoms with van der Waals surface area (Å²) in [5.74, 6) is 0.484. The van der Waals surface area contributed by atoms with Crippen molar-refractivity contribution in [2.75, 3.05) is 20.2 Å². The Kier molecular flexibility index (Phi) is 6.18. The summed E-state index contributed by atoms with van der Waals surface area (Å²) >= 11 is 0. The Morgan fingerprint density at radius 2 is 2.00 bits per heavy atom. The van der Waals surface area contributed by atoms with Crippen molar-refractivity contribution >= 4 is 22.7 Å². The highest BCUT2D eigenvalue weighted by Crippen LogP contribution is 2.26. The van der Waals surface area contributed by atoms with Gasteiger partial charge in [-0.25, -0.2) is 0 Å². The summed E-state index contributed by atoms with van der Waals surface area (Å²) in [6.07, 6.45) is 2.36. The van der Waals surface area contributed by atoms with Crippen molar-refractivity contribution in [2.45, 2.75) is 26.4 Å². The summed E-state index contributed by atoms with van der Waals surface area (Å²) in [6.45, 7) is 3.79. The first kappa shape index (κ1) is 22.6. The summed E-state index contributed by atoms with van der Waals surface area (Å²) in [5, 5.41) is 8.47. The molecule has 1 aliphatic rings. The molecule has 8 heteroatoms. The summed E-state index contributed by atoms with van der Waals surface area (Å²) in [4.78, 5) is 32.4. The summed E-state index contributed by atoms with van der Waals surface area (Å²) in [5.41, 5.74) is 4.66. The molecule has 0 unspecified atom stereocenters. The molecule has 0 bridgehead atoms. The van der Waals surface area contributed by atoms with Gasteiger partial charge in [-0.05, 0) is 48.9 Å². The standard InChI is InChI=1S/C27H27N5O3/c1-3-28-26(33)25-22-17-31(27(34)20-9-10-23-19(15-20)7-5-12-29-23)13-11-24(22)32(30-25)16-18-6-4-8-21(14-18)35-2/h4-10,12,14-15H,3,11,13,16-17H2,1-2H3,(H,28,33). The first-order valence-corrected chi connectivity index (χ1v) is 11.7. The number of pyridine rings is 1. The fourth-order valence-electron chi connectivity index (χ4n) is 4.56. The van der Waals surface area contributed by atoms with Crippen molar-refractivity contribution in [3.05, 3.63) is 88.9 Å². The predicted molar refractivity (Wildman–Crippen MR) is 133 cm³/mol. The highest BCUT2D eigenvalue weighted by atomic mass is 16.5. The molecule has 2 aromatic carbocycles. The maximum atomic E-state index is 13.4. The molecule has 0 fully saturated rings. The molecule has 1 N–H and O–H groups in total. The minimum atomic E-state index is -0.223. The molecular weight excluding hydrogens is 442 g/mol. The molecule has 0 aliphatic carbocycles. The van der Waals surface area contributed by atoms with Crippen LogP contribution in [0.1, 0.15) is 44.6 Å². The molecule has 35 heavy (non-hydrogen) atoms. The Morgan fingerprint density at radius 3 is 2.83 bits per heavy atom. The van der Waals surface area contributed by atoms with E-state index in [2.05, 4.69) is 15.4 Å². The number of hydrogen-bond acceptors (Lipinski definition) is 5. The van der Waals surface area contributed by atoms with E-state index < -0.39 is 0 Å². The van der Waals surface area contributed by atoms with Crippen molar-refractivity contribution < 1.29 is 14.3 Å². The van der Waals surface area contributed by atoms with E-state index in [1.807, 2.05) is 66.2 Å². The minimum Gasteiger partial charge on any atom is -0.497 e. The molecule has 8 nitrogen and oxygen atoms in total. The molecule has 3 heterocycles. The first-order valence-electron chi connectivity index (χ1n) is 11.7. The van der Waals surface area contributed by atoms with Gasteiger partial charge in [-0.15, -0.1) is 0 Å². The number of fused-ring (bicyclic) bond motifs is 2. The maximum absolute atomic E-state index is 13.4. The Labute approximate surface area is 203 Å². The molecule has 2 amide bonds. The van der Waals surface area contributed by atoms with Crippen molar-refractivity contribution in [1.82, 2.24) is 25.0 Å². The van der Waals surface area contributed by atoms with E-state index in [9.17, 15) is 9.59 Å². The van der Waals surface area contributed by atoms with Gasteiger partial charge in [0.05, 0.1) is 25.7 Å². The Balaban J connectivity index is 1.45. The Morgan fingerprint density at radius 1 is 1.11 bits per heavy atom. The largest absolute Gasteiger partial charge is 0.497 e. The van der Waals surface area contributed by atoms with Crippen LogP contribution in [0.15, 0.2) is 60.8 Å². The van der Waals surface area contributed by atoms with Crippen LogP contribution in [0.2, 0.25) is 0 Å². The van der Waals surface area contributed by atoms with Crippen LogP contribution >= 0.6 is 0 Å². The second kappa shape index (κ2) is 9.58. The van der Waals surface area contributed by atoms with Gasteiger partial charge < -0.3 is 15.0 Å². The highest BCUT2D eigenvalue weighted by molar-refractivity contribution is 5.98. The van der Waals surface area contributed by atoms with Crippen LogP contribution in [0.5, 0.6) is 5.75 Å². The van der Waals surface area contributed by atoms with Gasteiger partial charge in [-0.1, -0.05) is 18.2 Å². The lowest BCUT2D eigenvalue weighted by Crippen LogP contribution is -2.37. The molecule has 0 saturated heterocycles. The Bertz CT molecular complexity index is 1410. The van der Waals surface area contributed by atoms with E-state index in [-0.39, 0.29) is 11.8 Å². The van der Waals surface area contributed by atoms with E-state index in [0.29, 0.717) is 43.9 Å². The predicted octanol–water partition coefficient (Wildman–Crippen LogP) is 3.44. The van der Waals surface area contributed by atoms with Crippen LogP contribution in [0.25, 0.3) is 10.9 Å². The summed E-state index contributed by atoms with van der Waals surface area (Å²) in [6, 6.07) is 17.2. The molecule has 0 saturated carbocycles. The number of carbonyl (C=O) groups excluding carboxylic acids is 2. The lowest BCUT2D eigenvalue weighted by atomic mass is 10.0. The van der Waals surface area contributed by atoms with Gasteiger partial charge in [-0.2, -0.15) is 5.10 Å². The number of ether oxygens (including phenoxy) is 1. The Hall–Kier alpha value is -4.20. The number of amides is 2. The number of carbonyl (C=O) groups is 2. The zero-order valence-corrected chi connectivity index (χ0v) is 19.8. The zero-order valence-electron chi connectivity index (χ0n) is 19.8. The lowest BCUT2D eigenvalue weighted by molar-refractivity contribution is 0.0730. The third-order valence-electron chi connectivity index (χ3n) is 6.29. The fourth-order valence-corrected chi connectivity index (χ4v) is 4.56. The van der Waals surface area contributed by atoms with Crippen LogP contribution in [0.3, 0.4) is 0 Å². The molecule has 2 aromatic heterocycles. The van der Waals surface area contributed by atoms with Crippen LogP contribution in [-0.4, -0.2) is 51.7 Å². The van der Waals surface area contributed by atoms with E-state index in [0.717, 1.165) is 33.5 Å². The van der Waals surface area contributed by atoms with Crippen LogP contribution in [0, 0.1) is 0 Å². The van der Waals surface area contributed by atoms with Gasteiger partial charge in [0.25, 0.3) is 11.8 Å². The second-order valence-electron chi connectivity index (χ2n) is 8.53. The monoisotopic (exact) mass is 469 g/mol. The fraction of sp³-hybridized carbons (Fsp3) is 0.259. The number of rotatable bonds is 6. The number of methoxy groups -OCH3 is 1. The molecule has 5 rings (SSSR count). The quantitative estimate of drug-likeness (QED) is 0.467. The van der Waals surface area contributed by atoms with Gasteiger partial charge in [0.1, 0.15) is 5.75 Å². The minimum absolute atomic E-state index is 0.0659. The smallest absolute Gasteiger partial charge is 0.272 e. The van der Waals surface area contributed by atoms with Crippen LogP contribution in [0.4, 0.5) is 0 Å². The van der Waals surface area contributed by atoms with Crippen LogP contribution < -0.4 is 10.1 Å². The third kappa shape index (κ3) is 4.47. The third-order valence-corrected chi connectivity index (χ3v) is 6.29.